The third-order valence-electron chi connectivity index (χ3n) is 3.25. The number of fused-ring (bicyclic) bond motifs is 1. The fourth-order valence-electron chi connectivity index (χ4n) is 2.24. The van der Waals surface area contributed by atoms with E-state index >= 15 is 0 Å². The molecule has 1 heterocycles. The van der Waals surface area contributed by atoms with E-state index in [-0.39, 0.29) is 16.5 Å². The van der Waals surface area contributed by atoms with Gasteiger partial charge in [0.1, 0.15) is 5.82 Å². The highest BCUT2D eigenvalue weighted by Gasteiger charge is 2.27. The van der Waals surface area contributed by atoms with Gasteiger partial charge >= 0.3 is 0 Å². The number of ether oxygens (including phenoxy) is 1. The van der Waals surface area contributed by atoms with Crippen molar-refractivity contribution in [1.29, 1.82) is 0 Å². The van der Waals surface area contributed by atoms with Gasteiger partial charge in [0.15, 0.2) is 12.4 Å². The first-order valence-electron chi connectivity index (χ1n) is 6.35. The molecule has 2 aromatic carbocycles. The van der Waals surface area contributed by atoms with E-state index in [2.05, 4.69) is 4.99 Å². The van der Waals surface area contributed by atoms with Crippen molar-refractivity contribution in [2.45, 2.75) is 13.0 Å². The second-order valence-corrected chi connectivity index (χ2v) is 5.16. The van der Waals surface area contributed by atoms with Crippen molar-refractivity contribution < 1.29 is 13.9 Å². The average Bonchev–Trinajstić information content (AvgIpc) is 2.46. The van der Waals surface area contributed by atoms with Crippen LogP contribution in [0.2, 0.25) is 5.02 Å². The summed E-state index contributed by atoms with van der Waals surface area (Å²) in [4.78, 5) is 15.6. The Balaban J connectivity index is 2.18. The summed E-state index contributed by atoms with van der Waals surface area (Å²) in [6.45, 7) is 1.91. The topological polar surface area (TPSA) is 38.7 Å². The summed E-state index contributed by atoms with van der Waals surface area (Å²) < 4.78 is 19.5. The highest BCUT2D eigenvalue weighted by Crippen LogP contribution is 2.35. The van der Waals surface area contributed by atoms with Gasteiger partial charge in [0.2, 0.25) is 5.90 Å². The molecule has 1 unspecified atom stereocenters. The highest BCUT2D eigenvalue weighted by molar-refractivity contribution is 6.34. The summed E-state index contributed by atoms with van der Waals surface area (Å²) >= 11 is 6.02. The Bertz CT molecular complexity index is 738. The van der Waals surface area contributed by atoms with E-state index in [9.17, 15) is 9.18 Å². The predicted octanol–water partition coefficient (Wildman–Crippen LogP) is 4.14. The van der Waals surface area contributed by atoms with Gasteiger partial charge in [-0.15, -0.1) is 0 Å². The molecule has 1 aliphatic rings. The lowest BCUT2D eigenvalue weighted by Gasteiger charge is -2.23. The van der Waals surface area contributed by atoms with Gasteiger partial charge in [-0.3, -0.25) is 4.79 Å². The quantitative estimate of drug-likeness (QED) is 0.782. The molecule has 0 radical (unpaired) electrons. The third kappa shape index (κ3) is 2.43. The van der Waals surface area contributed by atoms with Gasteiger partial charge < -0.3 is 4.74 Å². The molecule has 0 saturated carbocycles. The monoisotopic (exact) mass is 303 g/mol. The summed E-state index contributed by atoms with van der Waals surface area (Å²) in [7, 11) is 0. The molecule has 106 valence electrons. The zero-order chi connectivity index (χ0) is 15.0. The molecule has 0 aliphatic carbocycles. The van der Waals surface area contributed by atoms with Crippen LogP contribution in [-0.4, -0.2) is 12.2 Å². The first kappa shape index (κ1) is 13.8. The molecule has 3 rings (SSSR count). The Labute approximate surface area is 126 Å². The molecule has 0 spiro atoms. The lowest BCUT2D eigenvalue weighted by molar-refractivity contribution is -0.114. The Hall–Kier alpha value is -2.20. The van der Waals surface area contributed by atoms with Crippen molar-refractivity contribution in [3.63, 3.8) is 0 Å². The molecule has 0 aromatic heterocycles. The average molecular weight is 304 g/mol. The Morgan fingerprint density at radius 3 is 2.86 bits per heavy atom. The molecule has 0 N–H and O–H groups in total. The highest BCUT2D eigenvalue weighted by atomic mass is 35.5. The van der Waals surface area contributed by atoms with Gasteiger partial charge in [-0.25, -0.2) is 9.38 Å². The maximum absolute atomic E-state index is 14.0. The zero-order valence-electron chi connectivity index (χ0n) is 11.1. The van der Waals surface area contributed by atoms with Crippen LogP contribution >= 0.6 is 11.6 Å². The molecule has 3 nitrogen and oxygen atoms in total. The Morgan fingerprint density at radius 1 is 1.33 bits per heavy atom. The SMILES string of the molecule is Cc1ccc2c(c1)C(C=O)OC(c1c(F)cccc1Cl)=N2. The smallest absolute Gasteiger partial charge is 0.226 e. The first-order chi connectivity index (χ1) is 10.1. The summed E-state index contributed by atoms with van der Waals surface area (Å²) in [5.41, 5.74) is 2.31. The van der Waals surface area contributed by atoms with E-state index in [1.54, 1.807) is 12.1 Å². The lowest BCUT2D eigenvalue weighted by Crippen LogP contribution is -2.19. The number of nitrogens with zero attached hydrogens (tertiary/aromatic N) is 1. The Morgan fingerprint density at radius 2 is 2.14 bits per heavy atom. The molecule has 0 fully saturated rings. The predicted molar refractivity (Wildman–Crippen MR) is 78.7 cm³/mol. The molecule has 0 bridgehead atoms. The maximum atomic E-state index is 14.0. The second-order valence-electron chi connectivity index (χ2n) is 4.75. The molecule has 1 aliphatic heterocycles. The van der Waals surface area contributed by atoms with Crippen LogP contribution in [0.1, 0.15) is 22.8 Å². The summed E-state index contributed by atoms with van der Waals surface area (Å²) in [6.07, 6.45) is -0.148. The molecular formula is C16H11ClFNO2. The number of halogens is 2. The van der Waals surface area contributed by atoms with Crippen molar-refractivity contribution in [2.75, 3.05) is 0 Å². The molecule has 21 heavy (non-hydrogen) atoms. The molecule has 2 aromatic rings. The van der Waals surface area contributed by atoms with Gasteiger partial charge in [0.05, 0.1) is 16.3 Å². The van der Waals surface area contributed by atoms with E-state index in [0.29, 0.717) is 17.5 Å². The molecular weight excluding hydrogens is 293 g/mol. The Kier molecular flexibility index (Phi) is 3.47. The van der Waals surface area contributed by atoms with Crippen LogP contribution < -0.4 is 0 Å². The zero-order valence-corrected chi connectivity index (χ0v) is 11.9. The minimum atomic E-state index is -0.817. The third-order valence-corrected chi connectivity index (χ3v) is 3.57. The minimum Gasteiger partial charge on any atom is -0.461 e. The first-order valence-corrected chi connectivity index (χ1v) is 6.73. The van der Waals surface area contributed by atoms with Crippen LogP contribution in [0, 0.1) is 12.7 Å². The van der Waals surface area contributed by atoms with Crippen LogP contribution in [-0.2, 0) is 9.53 Å². The summed E-state index contributed by atoms with van der Waals surface area (Å²) in [6, 6.07) is 9.80. The normalized spacial score (nSPS) is 16.7. The number of aryl methyl sites for hydroxylation is 1. The molecule has 0 amide bonds. The number of carbonyl (C=O) groups is 1. The standard InChI is InChI=1S/C16H11ClFNO2/c1-9-5-6-13-10(7-9)14(8-20)21-16(19-13)15-11(17)3-2-4-12(15)18/h2-8,14H,1H3. The van der Waals surface area contributed by atoms with Crippen LogP contribution in [0.3, 0.4) is 0 Å². The number of hydrogen-bond donors (Lipinski definition) is 0. The fourth-order valence-corrected chi connectivity index (χ4v) is 2.49. The van der Waals surface area contributed by atoms with Gasteiger partial charge in [0.25, 0.3) is 0 Å². The van der Waals surface area contributed by atoms with Gasteiger partial charge in [0, 0.05) is 5.56 Å². The molecule has 5 heteroatoms. The number of carbonyl (C=O) groups excluding carboxylic acids is 1. The molecule has 1 atom stereocenters. The van der Waals surface area contributed by atoms with E-state index < -0.39 is 11.9 Å². The largest absolute Gasteiger partial charge is 0.461 e. The van der Waals surface area contributed by atoms with Crippen LogP contribution in [0.25, 0.3) is 0 Å². The fraction of sp³-hybridized carbons (Fsp3) is 0.125. The van der Waals surface area contributed by atoms with Crippen molar-refractivity contribution >= 4 is 29.5 Å². The van der Waals surface area contributed by atoms with Gasteiger partial charge in [-0.2, -0.15) is 0 Å². The van der Waals surface area contributed by atoms with Crippen molar-refractivity contribution in [3.8, 4) is 0 Å². The van der Waals surface area contributed by atoms with Gasteiger partial charge in [-0.1, -0.05) is 29.3 Å². The van der Waals surface area contributed by atoms with Crippen molar-refractivity contribution in [2.24, 2.45) is 4.99 Å². The van der Waals surface area contributed by atoms with Crippen LogP contribution in [0.4, 0.5) is 10.1 Å². The minimum absolute atomic E-state index is 0.0200. The number of aldehydes is 1. The van der Waals surface area contributed by atoms with Crippen molar-refractivity contribution in [1.82, 2.24) is 0 Å². The molecule has 0 saturated heterocycles. The summed E-state index contributed by atoms with van der Waals surface area (Å²) in [5.74, 6) is -0.520. The lowest BCUT2D eigenvalue weighted by atomic mass is 10.0. The van der Waals surface area contributed by atoms with Crippen LogP contribution in [0.5, 0.6) is 0 Å². The number of rotatable bonds is 2. The van der Waals surface area contributed by atoms with E-state index in [0.717, 1.165) is 5.56 Å². The number of aliphatic imine (C=N–C) groups is 1. The number of hydrogen-bond acceptors (Lipinski definition) is 3. The maximum Gasteiger partial charge on any atom is 0.226 e. The van der Waals surface area contributed by atoms with Crippen LogP contribution in [0.15, 0.2) is 41.4 Å². The van der Waals surface area contributed by atoms with Crippen molar-refractivity contribution in [3.05, 3.63) is 63.9 Å². The van der Waals surface area contributed by atoms with Gasteiger partial charge in [-0.05, 0) is 31.2 Å². The second kappa shape index (κ2) is 5.30. The van der Waals surface area contributed by atoms with E-state index in [4.69, 9.17) is 16.3 Å². The van der Waals surface area contributed by atoms with E-state index in [1.165, 1.54) is 12.1 Å². The summed E-state index contributed by atoms with van der Waals surface area (Å²) in [5, 5.41) is 0.189. The van der Waals surface area contributed by atoms with E-state index in [1.807, 2.05) is 19.1 Å². The number of benzene rings is 2.